The average molecular weight is 436 g/mol. The van der Waals surface area contributed by atoms with E-state index in [1.165, 1.54) is 22.2 Å². The molecule has 1 N–H and O–H groups in total. The maximum atomic E-state index is 13.7. The van der Waals surface area contributed by atoms with Gasteiger partial charge in [-0.05, 0) is 55.0 Å². The zero-order valence-electron chi connectivity index (χ0n) is 16.6. The SMILES string of the molecule is C[C@H]1CCc2c(sc3nc(SCC(=O)c4ccc[nH]4)n(-c4ccccc4)c(=O)c23)C1. The van der Waals surface area contributed by atoms with Crippen LogP contribution in [0.1, 0.15) is 34.3 Å². The number of para-hydroxylation sites is 1. The molecule has 1 aromatic carbocycles. The quantitative estimate of drug-likeness (QED) is 0.276. The number of benzene rings is 1. The molecule has 4 aromatic rings. The molecule has 30 heavy (non-hydrogen) atoms. The summed E-state index contributed by atoms with van der Waals surface area (Å²) in [5.41, 5.74) is 2.48. The van der Waals surface area contributed by atoms with Crippen LogP contribution in [0.25, 0.3) is 15.9 Å². The molecule has 1 aliphatic carbocycles. The number of nitrogens with zero attached hydrogens (tertiary/aromatic N) is 2. The monoisotopic (exact) mass is 435 g/mol. The van der Waals surface area contributed by atoms with E-state index < -0.39 is 0 Å². The third kappa shape index (κ3) is 3.42. The smallest absolute Gasteiger partial charge is 0.267 e. The van der Waals surface area contributed by atoms with E-state index in [1.807, 2.05) is 30.3 Å². The fraction of sp³-hybridized carbons (Fsp3) is 0.261. The standard InChI is InChI=1S/C23H21N3O2S2/c1-14-9-10-16-19(12-14)30-21-20(16)22(28)26(15-6-3-2-4-7-15)23(25-21)29-13-18(27)17-8-5-11-24-17/h2-8,11,14,24H,9-10,12-13H2,1H3/t14-/m0/s1. The van der Waals surface area contributed by atoms with Crippen LogP contribution in [-0.2, 0) is 12.8 Å². The molecule has 7 heteroatoms. The number of carbonyl (C=O) groups excluding carboxylic acids is 1. The van der Waals surface area contributed by atoms with Gasteiger partial charge in [0.05, 0.1) is 22.5 Å². The van der Waals surface area contributed by atoms with E-state index in [2.05, 4.69) is 11.9 Å². The van der Waals surface area contributed by atoms with Gasteiger partial charge in [0.15, 0.2) is 10.9 Å². The van der Waals surface area contributed by atoms with Gasteiger partial charge in [0.25, 0.3) is 5.56 Å². The third-order valence-corrected chi connectivity index (χ3v) is 7.63. The number of aryl methyl sites for hydroxylation is 1. The van der Waals surface area contributed by atoms with Crippen molar-refractivity contribution in [3.8, 4) is 5.69 Å². The number of carbonyl (C=O) groups is 1. The van der Waals surface area contributed by atoms with Crippen LogP contribution in [0, 0.1) is 5.92 Å². The van der Waals surface area contributed by atoms with E-state index in [-0.39, 0.29) is 17.1 Å². The van der Waals surface area contributed by atoms with Gasteiger partial charge in [-0.2, -0.15) is 0 Å². The predicted molar refractivity (Wildman–Crippen MR) is 122 cm³/mol. The van der Waals surface area contributed by atoms with E-state index in [1.54, 1.807) is 34.2 Å². The van der Waals surface area contributed by atoms with Gasteiger partial charge in [-0.15, -0.1) is 11.3 Å². The number of H-pyrrole nitrogens is 1. The minimum Gasteiger partial charge on any atom is -0.359 e. The minimum absolute atomic E-state index is 0.0155. The molecule has 0 fully saturated rings. The molecule has 0 spiro atoms. The summed E-state index contributed by atoms with van der Waals surface area (Å²) in [6, 6.07) is 13.1. The lowest BCUT2D eigenvalue weighted by atomic mass is 9.89. The first-order valence-corrected chi connectivity index (χ1v) is 11.8. The molecule has 0 radical (unpaired) electrons. The molecule has 5 rings (SSSR count). The summed E-state index contributed by atoms with van der Waals surface area (Å²) in [6.07, 6.45) is 4.78. The molecule has 0 saturated carbocycles. The molecule has 0 unspecified atom stereocenters. The molecule has 0 saturated heterocycles. The average Bonchev–Trinajstić information content (AvgIpc) is 3.40. The van der Waals surface area contributed by atoms with Crippen LogP contribution >= 0.6 is 23.1 Å². The van der Waals surface area contributed by atoms with Crippen molar-refractivity contribution >= 4 is 39.1 Å². The first-order chi connectivity index (χ1) is 14.6. The maximum absolute atomic E-state index is 13.7. The Balaban J connectivity index is 1.63. The van der Waals surface area contributed by atoms with Crippen molar-refractivity contribution in [1.29, 1.82) is 0 Å². The number of aromatic amines is 1. The molecule has 1 atom stereocenters. The van der Waals surface area contributed by atoms with Crippen LogP contribution in [0.4, 0.5) is 0 Å². The Labute approximate surface area is 182 Å². The van der Waals surface area contributed by atoms with E-state index >= 15 is 0 Å². The van der Waals surface area contributed by atoms with E-state index in [4.69, 9.17) is 4.98 Å². The second-order valence-corrected chi connectivity index (χ2v) is 9.72. The largest absolute Gasteiger partial charge is 0.359 e. The van der Waals surface area contributed by atoms with Gasteiger partial charge in [-0.3, -0.25) is 14.2 Å². The highest BCUT2D eigenvalue weighted by atomic mass is 32.2. The second kappa shape index (κ2) is 7.89. The molecule has 3 heterocycles. The van der Waals surface area contributed by atoms with Crippen molar-refractivity contribution in [1.82, 2.24) is 14.5 Å². The van der Waals surface area contributed by atoms with Gasteiger partial charge in [-0.25, -0.2) is 4.98 Å². The van der Waals surface area contributed by atoms with E-state index in [0.717, 1.165) is 35.2 Å². The van der Waals surface area contributed by atoms with Crippen molar-refractivity contribution in [2.45, 2.75) is 31.3 Å². The summed E-state index contributed by atoms with van der Waals surface area (Å²) in [4.78, 5) is 36.1. The van der Waals surface area contributed by atoms with Crippen LogP contribution in [0.15, 0.2) is 58.6 Å². The maximum Gasteiger partial charge on any atom is 0.267 e. The van der Waals surface area contributed by atoms with Gasteiger partial charge in [0.1, 0.15) is 4.83 Å². The Kier molecular flexibility index (Phi) is 5.08. The van der Waals surface area contributed by atoms with Crippen molar-refractivity contribution in [2.24, 2.45) is 5.92 Å². The van der Waals surface area contributed by atoms with Gasteiger partial charge in [-0.1, -0.05) is 36.9 Å². The number of ketones is 1. The topological polar surface area (TPSA) is 67.8 Å². The number of thioether (sulfide) groups is 1. The summed E-state index contributed by atoms with van der Waals surface area (Å²) < 4.78 is 1.67. The lowest BCUT2D eigenvalue weighted by Crippen LogP contribution is -2.23. The molecule has 0 aliphatic heterocycles. The van der Waals surface area contributed by atoms with Crippen LogP contribution in [0.3, 0.4) is 0 Å². The number of hydrogen-bond acceptors (Lipinski definition) is 5. The summed E-state index contributed by atoms with van der Waals surface area (Å²) in [6.45, 7) is 2.26. The Morgan fingerprint density at radius 1 is 1.27 bits per heavy atom. The van der Waals surface area contributed by atoms with Gasteiger partial charge >= 0.3 is 0 Å². The Morgan fingerprint density at radius 2 is 2.10 bits per heavy atom. The summed E-state index contributed by atoms with van der Waals surface area (Å²) >= 11 is 2.95. The molecule has 0 amide bonds. The molecule has 3 aromatic heterocycles. The van der Waals surface area contributed by atoms with Crippen molar-refractivity contribution in [2.75, 3.05) is 5.75 Å². The molecule has 1 aliphatic rings. The lowest BCUT2D eigenvalue weighted by molar-refractivity contribution is 0.101. The number of Topliss-reactive ketones (excluding diaryl/α,β-unsaturated/α-hetero) is 1. The second-order valence-electron chi connectivity index (χ2n) is 7.70. The van der Waals surface area contributed by atoms with Crippen molar-refractivity contribution < 1.29 is 4.79 Å². The zero-order valence-corrected chi connectivity index (χ0v) is 18.2. The normalized spacial score (nSPS) is 16.0. The summed E-state index contributed by atoms with van der Waals surface area (Å²) in [5.74, 6) is 0.834. The number of rotatable bonds is 5. The third-order valence-electron chi connectivity index (χ3n) is 5.54. The molecular formula is C23H21N3O2S2. The fourth-order valence-corrected chi connectivity index (χ4v) is 6.30. The zero-order chi connectivity index (χ0) is 20.7. The number of hydrogen-bond donors (Lipinski definition) is 1. The van der Waals surface area contributed by atoms with Gasteiger partial charge in [0.2, 0.25) is 0 Å². The van der Waals surface area contributed by atoms with Crippen LogP contribution in [-0.4, -0.2) is 26.1 Å². The van der Waals surface area contributed by atoms with Crippen molar-refractivity contribution in [3.05, 3.63) is 75.1 Å². The highest BCUT2D eigenvalue weighted by molar-refractivity contribution is 7.99. The summed E-state index contributed by atoms with van der Waals surface area (Å²) in [7, 11) is 0. The number of thiophene rings is 1. The first kappa shape index (κ1) is 19.3. The number of fused-ring (bicyclic) bond motifs is 3. The van der Waals surface area contributed by atoms with Gasteiger partial charge in [0, 0.05) is 11.1 Å². The van der Waals surface area contributed by atoms with E-state index in [0.29, 0.717) is 16.8 Å². The minimum atomic E-state index is -0.0342. The van der Waals surface area contributed by atoms with Crippen LogP contribution in [0.2, 0.25) is 0 Å². The van der Waals surface area contributed by atoms with E-state index in [9.17, 15) is 9.59 Å². The lowest BCUT2D eigenvalue weighted by Gasteiger charge is -2.17. The van der Waals surface area contributed by atoms with Crippen molar-refractivity contribution in [3.63, 3.8) is 0 Å². The van der Waals surface area contributed by atoms with Crippen LogP contribution in [0.5, 0.6) is 0 Å². The molecule has 5 nitrogen and oxygen atoms in total. The molecule has 0 bridgehead atoms. The fourth-order valence-electron chi connectivity index (χ4n) is 3.98. The summed E-state index contributed by atoms with van der Waals surface area (Å²) in [5, 5.41) is 1.32. The first-order valence-electron chi connectivity index (χ1n) is 10.0. The molecular weight excluding hydrogens is 414 g/mol. The van der Waals surface area contributed by atoms with Crippen LogP contribution < -0.4 is 5.56 Å². The Bertz CT molecular complexity index is 1270. The highest BCUT2D eigenvalue weighted by Gasteiger charge is 2.25. The number of nitrogens with one attached hydrogen (secondary N) is 1. The predicted octanol–water partition coefficient (Wildman–Crippen LogP) is 4.88. The van der Waals surface area contributed by atoms with Gasteiger partial charge < -0.3 is 4.98 Å². The Hall–Kier alpha value is -2.64. The number of aromatic nitrogens is 3. The Morgan fingerprint density at radius 3 is 2.87 bits per heavy atom. The molecule has 152 valence electrons. The highest BCUT2D eigenvalue weighted by Crippen LogP contribution is 2.37.